The first kappa shape index (κ1) is 21.7. The topological polar surface area (TPSA) is 86.1 Å². The van der Waals surface area contributed by atoms with Crippen LogP contribution in [0, 0.1) is 6.92 Å². The Balaban J connectivity index is 1.55. The molecule has 34 heavy (non-hydrogen) atoms. The zero-order chi connectivity index (χ0) is 23.7. The van der Waals surface area contributed by atoms with E-state index in [1.165, 1.54) is 0 Å². The highest BCUT2D eigenvalue weighted by Gasteiger charge is 2.21. The predicted molar refractivity (Wildman–Crippen MR) is 133 cm³/mol. The van der Waals surface area contributed by atoms with E-state index in [1.54, 1.807) is 56.2 Å². The number of anilines is 1. The number of imidazole rings is 1. The Kier molecular flexibility index (Phi) is 5.51. The Morgan fingerprint density at radius 3 is 2.59 bits per heavy atom. The molecule has 7 nitrogen and oxygen atoms in total. The smallest absolute Gasteiger partial charge is 0.262 e. The quantitative estimate of drug-likeness (QED) is 0.368. The highest BCUT2D eigenvalue weighted by molar-refractivity contribution is 7.92. The first-order chi connectivity index (χ1) is 16.5. The summed E-state index contributed by atoms with van der Waals surface area (Å²) >= 11 is 0. The SMILES string of the molecule is COc1cc(NS(=O)(=O)c2ccccc2-c2cccc3cnccc23)ccc1-n1cnc(C)c1. The fourth-order valence-electron chi connectivity index (χ4n) is 4.00. The lowest BCUT2D eigenvalue weighted by atomic mass is 9.99. The van der Waals surface area contributed by atoms with Gasteiger partial charge in [0.25, 0.3) is 10.0 Å². The molecule has 0 radical (unpaired) electrons. The van der Waals surface area contributed by atoms with E-state index < -0.39 is 10.0 Å². The minimum Gasteiger partial charge on any atom is -0.494 e. The van der Waals surface area contributed by atoms with E-state index in [9.17, 15) is 8.42 Å². The molecule has 0 aliphatic carbocycles. The number of aromatic nitrogens is 3. The molecule has 5 rings (SSSR count). The number of hydrogen-bond acceptors (Lipinski definition) is 5. The second kappa shape index (κ2) is 8.64. The number of rotatable bonds is 6. The molecule has 5 aromatic rings. The van der Waals surface area contributed by atoms with Crippen LogP contribution in [0.4, 0.5) is 5.69 Å². The second-order valence-electron chi connectivity index (χ2n) is 7.81. The van der Waals surface area contributed by atoms with Gasteiger partial charge in [0.15, 0.2) is 0 Å². The molecule has 3 aromatic carbocycles. The van der Waals surface area contributed by atoms with Crippen molar-refractivity contribution in [2.24, 2.45) is 0 Å². The number of ether oxygens (including phenoxy) is 1. The van der Waals surface area contributed by atoms with Crippen LogP contribution in [-0.2, 0) is 10.0 Å². The summed E-state index contributed by atoms with van der Waals surface area (Å²) < 4.78 is 37.1. The summed E-state index contributed by atoms with van der Waals surface area (Å²) in [5, 5.41) is 1.87. The molecule has 8 heteroatoms. The molecule has 0 aliphatic rings. The lowest BCUT2D eigenvalue weighted by Crippen LogP contribution is -2.14. The van der Waals surface area contributed by atoms with Gasteiger partial charge in [0.2, 0.25) is 0 Å². The first-order valence-corrected chi connectivity index (χ1v) is 12.1. The van der Waals surface area contributed by atoms with Crippen LogP contribution in [0.15, 0.2) is 96.5 Å². The van der Waals surface area contributed by atoms with E-state index in [1.807, 2.05) is 54.1 Å². The van der Waals surface area contributed by atoms with Gasteiger partial charge in [-0.2, -0.15) is 0 Å². The zero-order valence-corrected chi connectivity index (χ0v) is 19.5. The molecular weight excluding hydrogens is 448 g/mol. The van der Waals surface area contributed by atoms with Crippen LogP contribution in [0.1, 0.15) is 5.69 Å². The van der Waals surface area contributed by atoms with Crippen molar-refractivity contribution in [3.8, 4) is 22.6 Å². The monoisotopic (exact) mass is 470 g/mol. The number of aryl methyl sites for hydroxylation is 1. The number of pyridine rings is 1. The molecule has 0 spiro atoms. The molecule has 0 bridgehead atoms. The Hall–Kier alpha value is -4.17. The van der Waals surface area contributed by atoms with Crippen molar-refractivity contribution >= 4 is 26.5 Å². The number of nitrogens with zero attached hydrogens (tertiary/aromatic N) is 3. The van der Waals surface area contributed by atoms with Crippen LogP contribution in [-0.4, -0.2) is 30.1 Å². The predicted octanol–water partition coefficient (Wildman–Crippen LogP) is 5.21. The lowest BCUT2D eigenvalue weighted by Gasteiger charge is -2.15. The van der Waals surface area contributed by atoms with Gasteiger partial charge in [-0.1, -0.05) is 36.4 Å². The second-order valence-corrected chi connectivity index (χ2v) is 9.46. The van der Waals surface area contributed by atoms with E-state index in [0.717, 1.165) is 27.7 Å². The van der Waals surface area contributed by atoms with Crippen molar-refractivity contribution in [2.75, 3.05) is 11.8 Å². The summed E-state index contributed by atoms with van der Waals surface area (Å²) in [6.45, 7) is 1.90. The van der Waals surface area contributed by atoms with Crippen molar-refractivity contribution in [1.82, 2.24) is 14.5 Å². The highest BCUT2D eigenvalue weighted by atomic mass is 32.2. The molecule has 0 unspecified atom stereocenters. The summed E-state index contributed by atoms with van der Waals surface area (Å²) in [7, 11) is -2.35. The third-order valence-electron chi connectivity index (χ3n) is 5.57. The molecule has 2 heterocycles. The van der Waals surface area contributed by atoms with Gasteiger partial charge in [-0.15, -0.1) is 0 Å². The van der Waals surface area contributed by atoms with E-state index >= 15 is 0 Å². The van der Waals surface area contributed by atoms with Gasteiger partial charge in [-0.05, 0) is 42.1 Å². The van der Waals surface area contributed by atoms with Crippen LogP contribution in [0.5, 0.6) is 5.75 Å². The highest BCUT2D eigenvalue weighted by Crippen LogP contribution is 2.34. The van der Waals surface area contributed by atoms with Crippen molar-refractivity contribution in [1.29, 1.82) is 0 Å². The number of nitrogens with one attached hydrogen (secondary N) is 1. The number of hydrogen-bond donors (Lipinski definition) is 1. The summed E-state index contributed by atoms with van der Waals surface area (Å²) in [6, 6.07) is 19.8. The Bertz CT molecular complexity index is 1600. The molecular formula is C26H22N4O3S. The van der Waals surface area contributed by atoms with Crippen LogP contribution in [0.25, 0.3) is 27.6 Å². The van der Waals surface area contributed by atoms with Gasteiger partial charge in [-0.25, -0.2) is 13.4 Å². The van der Waals surface area contributed by atoms with Gasteiger partial charge >= 0.3 is 0 Å². The molecule has 0 atom stereocenters. The molecule has 2 aromatic heterocycles. The molecule has 0 aliphatic heterocycles. The maximum Gasteiger partial charge on any atom is 0.262 e. The van der Waals surface area contributed by atoms with Gasteiger partial charge < -0.3 is 9.30 Å². The molecule has 0 fully saturated rings. The minimum absolute atomic E-state index is 0.188. The Morgan fingerprint density at radius 2 is 1.79 bits per heavy atom. The van der Waals surface area contributed by atoms with E-state index in [2.05, 4.69) is 14.7 Å². The maximum atomic E-state index is 13.5. The van der Waals surface area contributed by atoms with Crippen molar-refractivity contribution in [3.63, 3.8) is 0 Å². The molecule has 0 saturated carbocycles. The number of sulfonamides is 1. The van der Waals surface area contributed by atoms with Crippen LogP contribution >= 0.6 is 0 Å². The fraction of sp³-hybridized carbons (Fsp3) is 0.0769. The molecule has 0 amide bonds. The third-order valence-corrected chi connectivity index (χ3v) is 7.01. The average Bonchev–Trinajstić information content (AvgIpc) is 3.29. The summed E-state index contributed by atoms with van der Waals surface area (Å²) in [5.74, 6) is 0.521. The zero-order valence-electron chi connectivity index (χ0n) is 18.6. The lowest BCUT2D eigenvalue weighted by molar-refractivity contribution is 0.413. The fourth-order valence-corrected chi connectivity index (χ4v) is 5.27. The summed E-state index contributed by atoms with van der Waals surface area (Å²) in [5.41, 5.74) is 3.46. The summed E-state index contributed by atoms with van der Waals surface area (Å²) in [4.78, 5) is 8.60. The maximum absolute atomic E-state index is 13.5. The van der Waals surface area contributed by atoms with Crippen molar-refractivity contribution < 1.29 is 13.2 Å². The summed E-state index contributed by atoms with van der Waals surface area (Å²) in [6.07, 6.45) is 7.03. The normalized spacial score (nSPS) is 11.5. The standard InChI is InChI=1S/C26H22N4O3S/c1-18-16-30(17-28-18)24-11-10-20(14-25(24)33-2)29-34(31,32)26-9-4-3-7-23(26)22-8-5-6-19-15-27-13-12-21(19)22/h3-17,29H,1-2H3. The van der Waals surface area contributed by atoms with Crippen molar-refractivity contribution in [3.05, 3.63) is 97.3 Å². The van der Waals surface area contributed by atoms with Crippen LogP contribution < -0.4 is 9.46 Å². The third kappa shape index (κ3) is 3.99. The van der Waals surface area contributed by atoms with Crippen molar-refractivity contribution in [2.45, 2.75) is 11.8 Å². The average molecular weight is 471 g/mol. The van der Waals surface area contributed by atoms with Gasteiger partial charge in [0.1, 0.15) is 5.75 Å². The van der Waals surface area contributed by atoms with Crippen LogP contribution in [0.2, 0.25) is 0 Å². The van der Waals surface area contributed by atoms with Gasteiger partial charge in [0, 0.05) is 35.6 Å². The van der Waals surface area contributed by atoms with E-state index in [-0.39, 0.29) is 4.90 Å². The van der Waals surface area contributed by atoms with E-state index in [4.69, 9.17) is 4.74 Å². The van der Waals surface area contributed by atoms with Crippen LogP contribution in [0.3, 0.4) is 0 Å². The van der Waals surface area contributed by atoms with Gasteiger partial charge in [0.05, 0.1) is 35.4 Å². The number of fused-ring (bicyclic) bond motifs is 1. The molecule has 170 valence electrons. The number of benzene rings is 3. The van der Waals surface area contributed by atoms with Gasteiger partial charge in [-0.3, -0.25) is 9.71 Å². The number of methoxy groups -OCH3 is 1. The first-order valence-electron chi connectivity index (χ1n) is 10.6. The Labute approximate surface area is 197 Å². The largest absolute Gasteiger partial charge is 0.494 e. The molecule has 1 N–H and O–H groups in total. The molecule has 0 saturated heterocycles. The van der Waals surface area contributed by atoms with E-state index in [0.29, 0.717) is 17.0 Å². The Morgan fingerprint density at radius 1 is 0.971 bits per heavy atom. The minimum atomic E-state index is -3.90.